The lowest BCUT2D eigenvalue weighted by Gasteiger charge is -2.26. The molecule has 0 aromatic heterocycles. The minimum absolute atomic E-state index is 0.0865. The lowest BCUT2D eigenvalue weighted by molar-refractivity contribution is -0.123. The molecule has 0 saturated carbocycles. The Morgan fingerprint density at radius 1 is 1.22 bits per heavy atom. The third kappa shape index (κ3) is 6.44. The summed E-state index contributed by atoms with van der Waals surface area (Å²) in [4.78, 5) is 29.7. The molecule has 1 unspecified atom stereocenters. The van der Waals surface area contributed by atoms with Crippen LogP contribution in [0.2, 0.25) is 0 Å². The van der Waals surface area contributed by atoms with Crippen LogP contribution in [-0.4, -0.2) is 62.0 Å². The minimum Gasteiger partial charge on any atom is -0.486 e. The van der Waals surface area contributed by atoms with Crippen molar-refractivity contribution in [3.8, 4) is 5.75 Å². The van der Waals surface area contributed by atoms with Crippen molar-refractivity contribution < 1.29 is 18.7 Å². The van der Waals surface area contributed by atoms with Crippen LogP contribution in [0.3, 0.4) is 0 Å². The zero-order valence-corrected chi connectivity index (χ0v) is 18.2. The number of carbonyl (C=O) groups is 2. The van der Waals surface area contributed by atoms with Crippen molar-refractivity contribution in [2.24, 2.45) is 4.99 Å². The number of aliphatic imine (C=N–C) groups is 1. The van der Waals surface area contributed by atoms with E-state index in [2.05, 4.69) is 20.9 Å². The molecule has 2 aromatic rings. The Kier molecular flexibility index (Phi) is 8.02. The molecule has 3 N–H and O–H groups in total. The first-order valence-corrected chi connectivity index (χ1v) is 10.5. The van der Waals surface area contributed by atoms with E-state index in [4.69, 9.17) is 4.74 Å². The van der Waals surface area contributed by atoms with Gasteiger partial charge in [-0.3, -0.25) is 14.6 Å². The molecule has 9 heteroatoms. The number of guanidine groups is 1. The summed E-state index contributed by atoms with van der Waals surface area (Å²) in [6.45, 7) is 3.85. The van der Waals surface area contributed by atoms with E-state index in [0.29, 0.717) is 37.7 Å². The first kappa shape index (κ1) is 23.1. The Bertz CT molecular complexity index is 964. The van der Waals surface area contributed by atoms with Gasteiger partial charge in [0.05, 0.1) is 13.1 Å². The fourth-order valence-electron chi connectivity index (χ4n) is 3.21. The van der Waals surface area contributed by atoms with Crippen molar-refractivity contribution >= 4 is 17.8 Å². The molecule has 1 saturated heterocycles. The summed E-state index contributed by atoms with van der Waals surface area (Å²) in [5, 5.41) is 9.05. The average molecular weight is 442 g/mol. The number of benzene rings is 2. The summed E-state index contributed by atoms with van der Waals surface area (Å²) in [7, 11) is 1.66. The maximum absolute atomic E-state index is 13.7. The van der Waals surface area contributed by atoms with Gasteiger partial charge in [-0.05, 0) is 36.8 Å². The Morgan fingerprint density at radius 3 is 2.66 bits per heavy atom. The van der Waals surface area contributed by atoms with E-state index >= 15 is 0 Å². The molecule has 0 bridgehead atoms. The number of hydrogen-bond acceptors (Lipinski definition) is 4. The van der Waals surface area contributed by atoms with Crippen LogP contribution in [0.25, 0.3) is 0 Å². The van der Waals surface area contributed by atoms with E-state index < -0.39 is 5.82 Å². The van der Waals surface area contributed by atoms with Crippen LogP contribution >= 0.6 is 0 Å². The highest BCUT2D eigenvalue weighted by atomic mass is 19.1. The summed E-state index contributed by atoms with van der Waals surface area (Å²) in [6.07, 6.45) is -0.271. The highest BCUT2D eigenvalue weighted by Gasteiger charge is 2.22. The van der Waals surface area contributed by atoms with Gasteiger partial charge in [-0.25, -0.2) is 4.39 Å². The molecule has 1 fully saturated rings. The minimum atomic E-state index is -0.396. The van der Waals surface area contributed by atoms with Crippen LogP contribution in [0.4, 0.5) is 4.39 Å². The lowest BCUT2D eigenvalue weighted by atomic mass is 10.1. The number of halogens is 1. The van der Waals surface area contributed by atoms with Gasteiger partial charge in [0.1, 0.15) is 6.10 Å². The van der Waals surface area contributed by atoms with E-state index in [1.165, 1.54) is 6.07 Å². The molecule has 1 heterocycles. The summed E-state index contributed by atoms with van der Waals surface area (Å²) in [5.41, 5.74) is 1.52. The second-order valence-electron chi connectivity index (χ2n) is 7.44. The topological polar surface area (TPSA) is 95.1 Å². The number of piperazine rings is 1. The summed E-state index contributed by atoms with van der Waals surface area (Å²) >= 11 is 0. The number of carbonyl (C=O) groups excluding carboxylic acids is 2. The number of hydrogen-bond donors (Lipinski definition) is 3. The number of amides is 2. The van der Waals surface area contributed by atoms with Crippen LogP contribution in [-0.2, 0) is 11.3 Å². The zero-order chi connectivity index (χ0) is 22.9. The zero-order valence-electron chi connectivity index (χ0n) is 18.2. The Morgan fingerprint density at radius 2 is 1.97 bits per heavy atom. The smallest absolute Gasteiger partial charge is 0.254 e. The van der Waals surface area contributed by atoms with Gasteiger partial charge in [-0.15, -0.1) is 0 Å². The normalized spacial score (nSPS) is 15.0. The third-order valence-electron chi connectivity index (χ3n) is 4.93. The number of ether oxygens (including phenoxy) is 1. The SMILES string of the molecule is CN=C(NCc1ccc(C(=O)N2CCNC(=O)C2)cc1)NCC(C)Oc1ccccc1F. The molecule has 0 aliphatic carbocycles. The van der Waals surface area contributed by atoms with Gasteiger partial charge in [0.2, 0.25) is 5.91 Å². The molecule has 1 aliphatic heterocycles. The van der Waals surface area contributed by atoms with E-state index in [9.17, 15) is 14.0 Å². The molecule has 8 nitrogen and oxygen atoms in total. The Balaban J connectivity index is 1.46. The Labute approximate surface area is 186 Å². The van der Waals surface area contributed by atoms with E-state index in [-0.39, 0.29) is 30.2 Å². The van der Waals surface area contributed by atoms with Gasteiger partial charge in [0.25, 0.3) is 5.91 Å². The predicted molar refractivity (Wildman–Crippen MR) is 120 cm³/mol. The van der Waals surface area contributed by atoms with Crippen molar-refractivity contribution in [2.75, 3.05) is 33.2 Å². The maximum Gasteiger partial charge on any atom is 0.254 e. The van der Waals surface area contributed by atoms with Crippen LogP contribution in [0, 0.1) is 5.82 Å². The number of nitrogens with zero attached hydrogens (tertiary/aromatic N) is 2. The molecule has 2 aromatic carbocycles. The molecule has 3 rings (SSSR count). The monoisotopic (exact) mass is 441 g/mol. The molecule has 0 spiro atoms. The molecular formula is C23H28FN5O3. The van der Waals surface area contributed by atoms with Crippen LogP contribution in [0.1, 0.15) is 22.8 Å². The molecule has 0 radical (unpaired) electrons. The fourth-order valence-corrected chi connectivity index (χ4v) is 3.21. The van der Waals surface area contributed by atoms with Crippen molar-refractivity contribution in [2.45, 2.75) is 19.6 Å². The van der Waals surface area contributed by atoms with Gasteiger partial charge < -0.3 is 25.6 Å². The predicted octanol–water partition coefficient (Wildman–Crippen LogP) is 1.53. The highest BCUT2D eigenvalue weighted by molar-refractivity contribution is 5.97. The molecular weight excluding hydrogens is 413 g/mol. The quantitative estimate of drug-likeness (QED) is 0.448. The summed E-state index contributed by atoms with van der Waals surface area (Å²) in [5.74, 6) is 0.101. The van der Waals surface area contributed by atoms with Crippen molar-refractivity contribution in [1.82, 2.24) is 20.9 Å². The van der Waals surface area contributed by atoms with Gasteiger partial charge in [0.15, 0.2) is 17.5 Å². The van der Waals surface area contributed by atoms with Crippen molar-refractivity contribution in [3.63, 3.8) is 0 Å². The third-order valence-corrected chi connectivity index (χ3v) is 4.93. The second kappa shape index (κ2) is 11.1. The molecule has 1 aliphatic rings. The lowest BCUT2D eigenvalue weighted by Crippen LogP contribution is -2.49. The van der Waals surface area contributed by atoms with E-state index in [1.807, 2.05) is 19.1 Å². The van der Waals surface area contributed by atoms with Crippen molar-refractivity contribution in [1.29, 1.82) is 0 Å². The van der Waals surface area contributed by atoms with Crippen LogP contribution in [0.15, 0.2) is 53.5 Å². The van der Waals surface area contributed by atoms with Gasteiger partial charge >= 0.3 is 0 Å². The summed E-state index contributed by atoms with van der Waals surface area (Å²) < 4.78 is 19.3. The first-order chi connectivity index (χ1) is 15.5. The first-order valence-electron chi connectivity index (χ1n) is 10.5. The van der Waals surface area contributed by atoms with Crippen LogP contribution < -0.4 is 20.7 Å². The second-order valence-corrected chi connectivity index (χ2v) is 7.44. The standard InChI is InChI=1S/C23H28FN5O3/c1-16(32-20-6-4-3-5-19(20)24)13-27-23(25-2)28-14-17-7-9-18(10-8-17)22(31)29-12-11-26-21(30)15-29/h3-10,16H,11-15H2,1-2H3,(H,26,30)(H2,25,27,28). The van der Waals surface area contributed by atoms with Gasteiger partial charge in [-0.2, -0.15) is 0 Å². The molecule has 2 amide bonds. The molecule has 32 heavy (non-hydrogen) atoms. The van der Waals surface area contributed by atoms with E-state index in [0.717, 1.165) is 5.56 Å². The largest absolute Gasteiger partial charge is 0.486 e. The van der Waals surface area contributed by atoms with Gasteiger partial charge in [0, 0.05) is 32.2 Å². The maximum atomic E-state index is 13.7. The fraction of sp³-hybridized carbons (Fsp3) is 0.348. The average Bonchev–Trinajstić information content (AvgIpc) is 2.80. The summed E-state index contributed by atoms with van der Waals surface area (Å²) in [6, 6.07) is 13.5. The molecule has 1 atom stereocenters. The van der Waals surface area contributed by atoms with Crippen LogP contribution in [0.5, 0.6) is 5.75 Å². The highest BCUT2D eigenvalue weighted by Crippen LogP contribution is 2.16. The number of rotatable bonds is 7. The number of para-hydroxylation sites is 1. The van der Waals surface area contributed by atoms with Gasteiger partial charge in [-0.1, -0.05) is 24.3 Å². The molecule has 170 valence electrons. The van der Waals surface area contributed by atoms with E-state index in [1.54, 1.807) is 42.3 Å². The number of nitrogens with one attached hydrogen (secondary N) is 3. The Hall–Kier alpha value is -3.62. The van der Waals surface area contributed by atoms with Crippen molar-refractivity contribution in [3.05, 3.63) is 65.5 Å².